The molecule has 0 radical (unpaired) electrons. The number of carboxylic acid groups (broad SMARTS) is 1. The number of nitrogens with one attached hydrogen (secondary N) is 2. The Balaban J connectivity index is 2.45. The fourth-order valence-electron chi connectivity index (χ4n) is 1.60. The Morgan fingerprint density at radius 3 is 2.76 bits per heavy atom. The molecular weight excluding hydrogens is 296 g/mol. The summed E-state index contributed by atoms with van der Waals surface area (Å²) in [5, 5.41) is 14.2. The van der Waals surface area contributed by atoms with E-state index in [4.69, 9.17) is 21.4 Å². The molecule has 6 nitrogen and oxygen atoms in total. The molecule has 0 saturated heterocycles. The minimum Gasteiger partial charge on any atom is -0.478 e. The Hall–Kier alpha value is -1.79. The van der Waals surface area contributed by atoms with Crippen molar-refractivity contribution >= 4 is 29.3 Å². The summed E-state index contributed by atoms with van der Waals surface area (Å²) < 4.78 is 5.30. The van der Waals surface area contributed by atoms with Crippen molar-refractivity contribution in [1.82, 2.24) is 5.32 Å². The summed E-state index contributed by atoms with van der Waals surface area (Å²) in [6, 6.07) is 4.00. The number of halogens is 1. The van der Waals surface area contributed by atoms with Crippen LogP contribution in [0.4, 0.5) is 10.5 Å². The first-order valence-corrected chi connectivity index (χ1v) is 7.08. The molecule has 3 N–H and O–H groups in total. The number of hydrogen-bond donors (Lipinski definition) is 3. The second-order valence-electron chi connectivity index (χ2n) is 4.31. The Bertz CT molecular complexity index is 494. The molecule has 2 amide bonds. The first-order chi connectivity index (χ1) is 10.1. The van der Waals surface area contributed by atoms with E-state index in [0.29, 0.717) is 19.8 Å². The molecule has 0 aliphatic rings. The zero-order chi connectivity index (χ0) is 15.7. The van der Waals surface area contributed by atoms with E-state index in [-0.39, 0.29) is 16.3 Å². The lowest BCUT2D eigenvalue weighted by atomic mass is 10.2. The van der Waals surface area contributed by atoms with Crippen LogP contribution < -0.4 is 10.6 Å². The minimum atomic E-state index is -1.20. The highest BCUT2D eigenvalue weighted by Crippen LogP contribution is 2.24. The third-order valence-corrected chi connectivity index (χ3v) is 2.96. The lowest BCUT2D eigenvalue weighted by molar-refractivity contribution is 0.0698. The van der Waals surface area contributed by atoms with E-state index in [9.17, 15) is 9.59 Å². The van der Waals surface area contributed by atoms with Gasteiger partial charge in [0.1, 0.15) is 5.56 Å². The maximum absolute atomic E-state index is 11.7. The predicted octanol–water partition coefficient (Wildman–Crippen LogP) is 2.98. The summed E-state index contributed by atoms with van der Waals surface area (Å²) in [4.78, 5) is 22.8. The van der Waals surface area contributed by atoms with Crippen LogP contribution in [0.1, 0.15) is 30.1 Å². The number of carbonyl (C=O) groups excluding carboxylic acids is 1. The van der Waals surface area contributed by atoms with Crippen molar-refractivity contribution in [2.75, 3.05) is 25.1 Å². The highest BCUT2D eigenvalue weighted by Gasteiger charge is 2.15. The topological polar surface area (TPSA) is 87.7 Å². The molecule has 0 fully saturated rings. The standard InChI is InChI=1S/C14H19ClN2O4/c1-2-3-8-21-9-7-16-14(20)17-11-6-4-5-10(15)12(11)13(18)19/h4-6H,2-3,7-9H2,1H3,(H,18,19)(H2,16,17,20). The first-order valence-electron chi connectivity index (χ1n) is 6.70. The van der Waals surface area contributed by atoms with Gasteiger partial charge in [-0.25, -0.2) is 9.59 Å². The molecule has 7 heteroatoms. The molecule has 1 aromatic carbocycles. The van der Waals surface area contributed by atoms with Crippen LogP contribution in [-0.2, 0) is 4.74 Å². The zero-order valence-corrected chi connectivity index (χ0v) is 12.6. The van der Waals surface area contributed by atoms with Crippen LogP contribution in [-0.4, -0.2) is 36.9 Å². The number of unbranched alkanes of at least 4 members (excludes halogenated alkanes) is 1. The van der Waals surface area contributed by atoms with Crippen molar-refractivity contribution in [3.63, 3.8) is 0 Å². The van der Waals surface area contributed by atoms with Crippen molar-refractivity contribution in [3.05, 3.63) is 28.8 Å². The maximum atomic E-state index is 11.7. The summed E-state index contributed by atoms with van der Waals surface area (Å²) in [6.07, 6.45) is 2.04. The van der Waals surface area contributed by atoms with Crippen molar-refractivity contribution in [2.45, 2.75) is 19.8 Å². The lowest BCUT2D eigenvalue weighted by Gasteiger charge is -2.11. The molecule has 0 aromatic heterocycles. The monoisotopic (exact) mass is 314 g/mol. The largest absolute Gasteiger partial charge is 0.478 e. The predicted molar refractivity (Wildman–Crippen MR) is 81.2 cm³/mol. The summed E-state index contributed by atoms with van der Waals surface area (Å²) in [7, 11) is 0. The van der Waals surface area contributed by atoms with E-state index in [1.807, 2.05) is 0 Å². The number of aromatic carboxylic acids is 1. The number of benzene rings is 1. The molecule has 1 aromatic rings. The Morgan fingerprint density at radius 2 is 2.10 bits per heavy atom. The number of carbonyl (C=O) groups is 2. The van der Waals surface area contributed by atoms with Crippen LogP contribution in [0.25, 0.3) is 0 Å². The van der Waals surface area contributed by atoms with Gasteiger partial charge in [0, 0.05) is 13.2 Å². The molecule has 0 unspecified atom stereocenters. The quantitative estimate of drug-likeness (QED) is 0.644. The number of ether oxygens (including phenoxy) is 1. The molecule has 0 spiro atoms. The summed E-state index contributed by atoms with van der Waals surface area (Å²) in [5.74, 6) is -1.20. The van der Waals surface area contributed by atoms with Crippen LogP contribution in [0.15, 0.2) is 18.2 Å². The third kappa shape index (κ3) is 6.01. The summed E-state index contributed by atoms with van der Waals surface area (Å²) in [5.41, 5.74) is 0.0212. The van der Waals surface area contributed by atoms with Gasteiger partial charge in [0.25, 0.3) is 0 Å². The van der Waals surface area contributed by atoms with Gasteiger partial charge in [-0.3, -0.25) is 0 Å². The number of rotatable bonds is 8. The van der Waals surface area contributed by atoms with Crippen molar-refractivity contribution in [1.29, 1.82) is 0 Å². The van der Waals surface area contributed by atoms with Gasteiger partial charge in [-0.2, -0.15) is 0 Å². The van der Waals surface area contributed by atoms with E-state index in [2.05, 4.69) is 17.6 Å². The van der Waals surface area contributed by atoms with Gasteiger partial charge in [0.15, 0.2) is 0 Å². The maximum Gasteiger partial charge on any atom is 0.339 e. The molecular formula is C14H19ClN2O4. The van der Waals surface area contributed by atoms with Crippen molar-refractivity contribution in [2.24, 2.45) is 0 Å². The highest BCUT2D eigenvalue weighted by atomic mass is 35.5. The van der Waals surface area contributed by atoms with Crippen LogP contribution in [0, 0.1) is 0 Å². The number of hydrogen-bond acceptors (Lipinski definition) is 3. The number of carboxylic acids is 1. The normalized spacial score (nSPS) is 10.2. The Labute approximate surface area is 128 Å². The molecule has 0 bridgehead atoms. The first kappa shape index (κ1) is 17.3. The van der Waals surface area contributed by atoms with Crippen LogP contribution in [0.2, 0.25) is 5.02 Å². The van der Waals surface area contributed by atoms with Crippen molar-refractivity contribution < 1.29 is 19.4 Å². The van der Waals surface area contributed by atoms with Crippen LogP contribution >= 0.6 is 11.6 Å². The number of amides is 2. The van der Waals surface area contributed by atoms with E-state index < -0.39 is 12.0 Å². The number of anilines is 1. The molecule has 116 valence electrons. The van der Waals surface area contributed by atoms with Gasteiger partial charge in [0.05, 0.1) is 17.3 Å². The van der Waals surface area contributed by atoms with Gasteiger partial charge in [-0.05, 0) is 18.6 Å². The SMILES string of the molecule is CCCCOCCNC(=O)Nc1cccc(Cl)c1C(=O)O. The van der Waals surface area contributed by atoms with Crippen molar-refractivity contribution in [3.8, 4) is 0 Å². The molecule has 21 heavy (non-hydrogen) atoms. The summed E-state index contributed by atoms with van der Waals surface area (Å²) in [6.45, 7) is 3.49. The molecule has 0 aliphatic carbocycles. The molecule has 0 atom stereocenters. The van der Waals surface area contributed by atoms with Gasteiger partial charge < -0.3 is 20.5 Å². The second kappa shape index (κ2) is 9.20. The molecule has 0 aliphatic heterocycles. The molecule has 0 heterocycles. The van der Waals surface area contributed by atoms with E-state index >= 15 is 0 Å². The van der Waals surface area contributed by atoms with Gasteiger partial charge in [0.2, 0.25) is 0 Å². The number of urea groups is 1. The minimum absolute atomic E-state index is 0.0724. The smallest absolute Gasteiger partial charge is 0.339 e. The van der Waals surface area contributed by atoms with Gasteiger partial charge in [-0.1, -0.05) is 31.0 Å². The van der Waals surface area contributed by atoms with Gasteiger partial charge in [-0.15, -0.1) is 0 Å². The lowest BCUT2D eigenvalue weighted by Crippen LogP contribution is -2.32. The average Bonchev–Trinajstić information content (AvgIpc) is 2.42. The van der Waals surface area contributed by atoms with E-state index in [1.54, 1.807) is 6.07 Å². The Kier molecular flexibility index (Phi) is 7.56. The summed E-state index contributed by atoms with van der Waals surface area (Å²) >= 11 is 5.81. The molecule has 0 saturated carbocycles. The third-order valence-electron chi connectivity index (χ3n) is 2.65. The fraction of sp³-hybridized carbons (Fsp3) is 0.429. The fourth-order valence-corrected chi connectivity index (χ4v) is 1.85. The average molecular weight is 315 g/mol. The highest BCUT2D eigenvalue weighted by molar-refractivity contribution is 6.34. The second-order valence-corrected chi connectivity index (χ2v) is 4.72. The van der Waals surface area contributed by atoms with Crippen LogP contribution in [0.3, 0.4) is 0 Å². The van der Waals surface area contributed by atoms with E-state index in [1.165, 1.54) is 12.1 Å². The zero-order valence-electron chi connectivity index (χ0n) is 11.8. The van der Waals surface area contributed by atoms with Gasteiger partial charge >= 0.3 is 12.0 Å². The van der Waals surface area contributed by atoms with E-state index in [0.717, 1.165) is 12.8 Å². The molecule has 1 rings (SSSR count). The van der Waals surface area contributed by atoms with Crippen LogP contribution in [0.5, 0.6) is 0 Å². The Morgan fingerprint density at radius 1 is 1.33 bits per heavy atom.